The van der Waals surface area contributed by atoms with E-state index < -0.39 is 6.61 Å². The third-order valence-electron chi connectivity index (χ3n) is 3.55. The van der Waals surface area contributed by atoms with Gasteiger partial charge in [-0.05, 0) is 24.3 Å². The molecule has 0 unspecified atom stereocenters. The molecule has 8 heteroatoms. The number of fused-ring (bicyclic) bond motifs is 1. The Hall–Kier alpha value is -2.48. The predicted molar refractivity (Wildman–Crippen MR) is 93.1 cm³/mol. The molecule has 0 fully saturated rings. The van der Waals surface area contributed by atoms with Crippen molar-refractivity contribution in [1.82, 2.24) is 5.32 Å². The number of ether oxygens (including phenoxy) is 3. The number of thioether (sulfide) groups is 1. The average molecular weight is 381 g/mol. The number of rotatable bonds is 7. The van der Waals surface area contributed by atoms with Crippen LogP contribution in [0.25, 0.3) is 0 Å². The maximum absolute atomic E-state index is 12.4. The molecule has 3 rings (SSSR count). The molecule has 26 heavy (non-hydrogen) atoms. The molecule has 0 radical (unpaired) electrons. The van der Waals surface area contributed by atoms with Crippen LogP contribution in [0.4, 0.5) is 8.78 Å². The van der Waals surface area contributed by atoms with E-state index in [1.54, 1.807) is 18.2 Å². The zero-order valence-corrected chi connectivity index (χ0v) is 14.6. The van der Waals surface area contributed by atoms with E-state index in [1.807, 2.05) is 18.2 Å². The monoisotopic (exact) mass is 381 g/mol. The Morgan fingerprint density at radius 3 is 2.73 bits per heavy atom. The number of alkyl halides is 2. The van der Waals surface area contributed by atoms with E-state index in [9.17, 15) is 13.6 Å². The largest absolute Gasteiger partial charge is 0.486 e. The van der Waals surface area contributed by atoms with E-state index in [0.717, 1.165) is 4.90 Å². The Morgan fingerprint density at radius 2 is 1.92 bits per heavy atom. The van der Waals surface area contributed by atoms with Gasteiger partial charge < -0.3 is 19.5 Å². The van der Waals surface area contributed by atoms with Crippen molar-refractivity contribution in [1.29, 1.82) is 0 Å². The van der Waals surface area contributed by atoms with E-state index in [1.165, 1.54) is 17.8 Å². The highest BCUT2D eigenvalue weighted by molar-refractivity contribution is 8.00. The number of hydrogen-bond donors (Lipinski definition) is 1. The Morgan fingerprint density at radius 1 is 1.15 bits per heavy atom. The van der Waals surface area contributed by atoms with Gasteiger partial charge in [0, 0.05) is 17.0 Å². The minimum Gasteiger partial charge on any atom is -0.486 e. The quantitative estimate of drug-likeness (QED) is 0.745. The first-order chi connectivity index (χ1) is 12.6. The Labute approximate surface area is 153 Å². The van der Waals surface area contributed by atoms with E-state index >= 15 is 0 Å². The molecule has 5 nitrogen and oxygen atoms in total. The number of nitrogens with one attached hydrogen (secondary N) is 1. The minimum atomic E-state index is -2.90. The normalized spacial score (nSPS) is 12.7. The van der Waals surface area contributed by atoms with Crippen molar-refractivity contribution >= 4 is 17.7 Å². The molecule has 2 aromatic carbocycles. The van der Waals surface area contributed by atoms with Crippen LogP contribution in [0.5, 0.6) is 17.2 Å². The summed E-state index contributed by atoms with van der Waals surface area (Å²) in [6, 6.07) is 11.9. The molecule has 138 valence electrons. The van der Waals surface area contributed by atoms with Crippen LogP contribution in [0.1, 0.15) is 5.56 Å². The van der Waals surface area contributed by atoms with Gasteiger partial charge in [-0.2, -0.15) is 8.78 Å². The number of hydrogen-bond acceptors (Lipinski definition) is 5. The number of carbonyl (C=O) groups is 1. The van der Waals surface area contributed by atoms with Crippen LogP contribution < -0.4 is 19.5 Å². The molecule has 0 spiro atoms. The minimum absolute atomic E-state index is 0.0577. The van der Waals surface area contributed by atoms with Gasteiger partial charge in [0.05, 0.1) is 5.75 Å². The van der Waals surface area contributed by atoms with E-state index in [0.29, 0.717) is 30.3 Å². The first-order valence-electron chi connectivity index (χ1n) is 7.93. The lowest BCUT2D eigenvalue weighted by molar-refractivity contribution is -0.118. The molecule has 0 aromatic heterocycles. The number of amides is 1. The highest BCUT2D eigenvalue weighted by atomic mass is 32.2. The summed E-state index contributed by atoms with van der Waals surface area (Å²) in [4.78, 5) is 12.9. The topological polar surface area (TPSA) is 56.8 Å². The van der Waals surface area contributed by atoms with Crippen LogP contribution in [-0.4, -0.2) is 31.5 Å². The fourth-order valence-electron chi connectivity index (χ4n) is 2.37. The lowest BCUT2D eigenvalue weighted by Crippen LogP contribution is -2.25. The molecule has 1 amide bonds. The molecule has 0 atom stereocenters. The first-order valence-corrected chi connectivity index (χ1v) is 8.92. The second kappa shape index (κ2) is 8.75. The van der Waals surface area contributed by atoms with E-state index in [-0.39, 0.29) is 24.0 Å². The van der Waals surface area contributed by atoms with Crippen molar-refractivity contribution in [3.8, 4) is 17.2 Å². The van der Waals surface area contributed by atoms with Crippen LogP contribution in [0.2, 0.25) is 0 Å². The van der Waals surface area contributed by atoms with Gasteiger partial charge in [0.15, 0.2) is 11.5 Å². The number of halogens is 2. The smallest absolute Gasteiger partial charge is 0.387 e. The second-order valence-electron chi connectivity index (χ2n) is 5.36. The molecule has 0 saturated heterocycles. The van der Waals surface area contributed by atoms with Gasteiger partial charge in [0.25, 0.3) is 0 Å². The lowest BCUT2D eigenvalue weighted by Gasteiger charge is -2.18. The highest BCUT2D eigenvalue weighted by Crippen LogP contribution is 2.34. The van der Waals surface area contributed by atoms with Crippen LogP contribution in [0.3, 0.4) is 0 Å². The standard InChI is InChI=1S/C18H17F2NO4S/c19-18(20)25-14-4-2-1-3-12(14)10-21-17(22)11-26-13-5-6-15-16(9-13)24-8-7-23-15/h1-6,9,18H,7-8,10-11H2,(H,21,22). The maximum atomic E-state index is 12.4. The maximum Gasteiger partial charge on any atom is 0.387 e. The molecule has 1 heterocycles. The molecule has 0 aliphatic carbocycles. The highest BCUT2D eigenvalue weighted by Gasteiger charge is 2.13. The molecule has 2 aromatic rings. The third-order valence-corrected chi connectivity index (χ3v) is 4.54. The SMILES string of the molecule is O=C(CSc1ccc2c(c1)OCCO2)NCc1ccccc1OC(F)F. The summed E-state index contributed by atoms with van der Waals surface area (Å²) >= 11 is 1.35. The van der Waals surface area contributed by atoms with Gasteiger partial charge in [0.2, 0.25) is 5.91 Å². The van der Waals surface area contributed by atoms with Gasteiger partial charge in [-0.3, -0.25) is 4.79 Å². The molecular formula is C18H17F2NO4S. The molecule has 0 saturated carbocycles. The van der Waals surface area contributed by atoms with Crippen LogP contribution in [-0.2, 0) is 11.3 Å². The number of benzene rings is 2. The van der Waals surface area contributed by atoms with Gasteiger partial charge in [-0.1, -0.05) is 18.2 Å². The predicted octanol–water partition coefficient (Wildman–Crippen LogP) is 3.47. The van der Waals surface area contributed by atoms with Crippen molar-refractivity contribution < 1.29 is 27.8 Å². The molecule has 1 N–H and O–H groups in total. The summed E-state index contributed by atoms with van der Waals surface area (Å²) in [5.74, 6) is 1.40. The zero-order valence-electron chi connectivity index (χ0n) is 13.7. The van der Waals surface area contributed by atoms with E-state index in [4.69, 9.17) is 9.47 Å². The molecule has 1 aliphatic rings. The fraction of sp³-hybridized carbons (Fsp3) is 0.278. The summed E-state index contributed by atoms with van der Waals surface area (Å²) in [5, 5.41) is 2.70. The summed E-state index contributed by atoms with van der Waals surface area (Å²) < 4.78 is 40.2. The molecule has 0 bridgehead atoms. The first kappa shape index (κ1) is 18.3. The summed E-state index contributed by atoms with van der Waals surface area (Å²) in [6.07, 6.45) is 0. The van der Waals surface area contributed by atoms with Crippen molar-refractivity contribution in [2.75, 3.05) is 19.0 Å². The van der Waals surface area contributed by atoms with Crippen molar-refractivity contribution in [3.05, 3.63) is 48.0 Å². The second-order valence-corrected chi connectivity index (χ2v) is 6.41. The van der Waals surface area contributed by atoms with Gasteiger partial charge in [-0.25, -0.2) is 0 Å². The van der Waals surface area contributed by atoms with Crippen LogP contribution >= 0.6 is 11.8 Å². The number of para-hydroxylation sites is 1. The average Bonchev–Trinajstić information content (AvgIpc) is 2.65. The lowest BCUT2D eigenvalue weighted by atomic mass is 10.2. The van der Waals surface area contributed by atoms with Crippen molar-refractivity contribution in [2.45, 2.75) is 18.1 Å². The van der Waals surface area contributed by atoms with Gasteiger partial charge in [0.1, 0.15) is 19.0 Å². The van der Waals surface area contributed by atoms with Gasteiger partial charge in [-0.15, -0.1) is 11.8 Å². The van der Waals surface area contributed by atoms with E-state index in [2.05, 4.69) is 10.1 Å². The van der Waals surface area contributed by atoms with Crippen molar-refractivity contribution in [3.63, 3.8) is 0 Å². The summed E-state index contributed by atoms with van der Waals surface area (Å²) in [6.45, 7) is -1.76. The summed E-state index contributed by atoms with van der Waals surface area (Å²) in [7, 11) is 0. The summed E-state index contributed by atoms with van der Waals surface area (Å²) in [5.41, 5.74) is 0.491. The Balaban J connectivity index is 1.51. The van der Waals surface area contributed by atoms with Crippen LogP contribution in [0.15, 0.2) is 47.4 Å². The molecule has 1 aliphatic heterocycles. The third kappa shape index (κ3) is 5.01. The van der Waals surface area contributed by atoms with Gasteiger partial charge >= 0.3 is 6.61 Å². The molecular weight excluding hydrogens is 364 g/mol. The zero-order chi connectivity index (χ0) is 18.4. The van der Waals surface area contributed by atoms with Crippen molar-refractivity contribution in [2.24, 2.45) is 0 Å². The van der Waals surface area contributed by atoms with Crippen LogP contribution in [0, 0.1) is 0 Å². The Bertz CT molecular complexity index is 773. The number of carbonyl (C=O) groups excluding carboxylic acids is 1. The Kier molecular flexibility index (Phi) is 6.17. The fourth-order valence-corrected chi connectivity index (χ4v) is 3.12.